The first kappa shape index (κ1) is 28.9. The second-order valence-electron chi connectivity index (χ2n) is 13.1. The van der Waals surface area contributed by atoms with Gasteiger partial charge in [0.15, 0.2) is 0 Å². The lowest BCUT2D eigenvalue weighted by Gasteiger charge is -2.37. The van der Waals surface area contributed by atoms with Gasteiger partial charge < -0.3 is 26.0 Å². The molecule has 0 radical (unpaired) electrons. The highest BCUT2D eigenvalue weighted by Gasteiger charge is 2.52. The molecule has 37 heavy (non-hydrogen) atoms. The Hall–Kier alpha value is -2.65. The van der Waals surface area contributed by atoms with Crippen molar-refractivity contribution in [2.24, 2.45) is 28.9 Å². The summed E-state index contributed by atoms with van der Waals surface area (Å²) in [4.78, 5) is 66.0. The van der Waals surface area contributed by atoms with E-state index in [1.807, 2.05) is 20.8 Å². The van der Waals surface area contributed by atoms with Crippen molar-refractivity contribution in [2.75, 3.05) is 6.54 Å². The van der Waals surface area contributed by atoms with E-state index in [4.69, 9.17) is 10.5 Å². The van der Waals surface area contributed by atoms with Crippen LogP contribution in [0.25, 0.3) is 0 Å². The molecule has 3 aliphatic rings. The summed E-state index contributed by atoms with van der Waals surface area (Å²) in [5.74, 6) is -2.29. The van der Waals surface area contributed by atoms with Crippen LogP contribution in [0.5, 0.6) is 0 Å². The molecule has 208 valence electrons. The SMILES string of the molecule is CC(C)(C)OC(=O)N[C@H](C(=O)N1C[C@@H]2CCC[C@@H]2[C@H]1C(=O)NC(CC1CCC1)C(=O)C(N)=O)C(C)(C)C. The maximum atomic E-state index is 13.9. The number of primary amides is 1. The van der Waals surface area contributed by atoms with Gasteiger partial charge in [-0.05, 0) is 63.2 Å². The fourth-order valence-electron chi connectivity index (χ4n) is 5.83. The van der Waals surface area contributed by atoms with Gasteiger partial charge in [0.1, 0.15) is 17.7 Å². The summed E-state index contributed by atoms with van der Waals surface area (Å²) < 4.78 is 5.40. The first-order valence-corrected chi connectivity index (χ1v) is 13.5. The summed E-state index contributed by atoms with van der Waals surface area (Å²) in [6.45, 7) is 11.2. The normalized spacial score (nSPS) is 25.5. The van der Waals surface area contributed by atoms with Gasteiger partial charge in [0.25, 0.3) is 5.91 Å². The molecule has 0 spiro atoms. The molecular weight excluding hydrogens is 476 g/mol. The number of hydrogen-bond acceptors (Lipinski definition) is 6. The van der Waals surface area contributed by atoms with E-state index < -0.39 is 52.8 Å². The minimum absolute atomic E-state index is 0.0425. The summed E-state index contributed by atoms with van der Waals surface area (Å²) in [7, 11) is 0. The van der Waals surface area contributed by atoms with Crippen molar-refractivity contribution in [2.45, 2.75) is 110 Å². The quantitative estimate of drug-likeness (QED) is 0.418. The molecule has 4 N–H and O–H groups in total. The molecule has 1 aliphatic heterocycles. The maximum Gasteiger partial charge on any atom is 0.408 e. The number of nitrogens with two attached hydrogens (primary N) is 1. The lowest BCUT2D eigenvalue weighted by molar-refractivity contribution is -0.144. The minimum atomic E-state index is -1.07. The summed E-state index contributed by atoms with van der Waals surface area (Å²) in [6.07, 6.45) is 5.28. The van der Waals surface area contributed by atoms with Gasteiger partial charge in [-0.25, -0.2) is 4.79 Å². The average Bonchev–Trinajstić information content (AvgIpc) is 3.31. The number of ether oxygens (including phenoxy) is 1. The number of Topliss-reactive ketones (excluding diaryl/α,β-unsaturated/α-hetero) is 1. The maximum absolute atomic E-state index is 13.9. The number of likely N-dealkylation sites (tertiary alicyclic amines) is 1. The van der Waals surface area contributed by atoms with Gasteiger partial charge in [0, 0.05) is 6.54 Å². The van der Waals surface area contributed by atoms with Gasteiger partial charge in [-0.1, -0.05) is 46.5 Å². The van der Waals surface area contributed by atoms with Gasteiger partial charge in [-0.15, -0.1) is 0 Å². The Balaban J connectivity index is 1.83. The molecule has 1 saturated heterocycles. The highest BCUT2D eigenvalue weighted by Crippen LogP contribution is 2.43. The Labute approximate surface area is 219 Å². The Bertz CT molecular complexity index is 917. The van der Waals surface area contributed by atoms with Crippen LogP contribution in [0.2, 0.25) is 0 Å². The molecule has 3 fully saturated rings. The van der Waals surface area contributed by atoms with E-state index in [0.29, 0.717) is 13.0 Å². The van der Waals surface area contributed by atoms with Crippen LogP contribution in [0.15, 0.2) is 0 Å². The molecule has 4 amide bonds. The Morgan fingerprint density at radius 2 is 1.57 bits per heavy atom. The Kier molecular flexibility index (Phi) is 8.59. The van der Waals surface area contributed by atoms with Crippen molar-refractivity contribution in [1.29, 1.82) is 0 Å². The summed E-state index contributed by atoms with van der Waals surface area (Å²) >= 11 is 0. The van der Waals surface area contributed by atoms with Crippen LogP contribution in [0.4, 0.5) is 4.79 Å². The molecule has 2 aliphatic carbocycles. The lowest BCUT2D eigenvalue weighted by Crippen LogP contribution is -2.60. The third-order valence-corrected chi connectivity index (χ3v) is 7.89. The first-order valence-electron chi connectivity index (χ1n) is 13.5. The van der Waals surface area contributed by atoms with Crippen LogP contribution >= 0.6 is 0 Å². The largest absolute Gasteiger partial charge is 0.444 e. The number of rotatable bonds is 8. The van der Waals surface area contributed by atoms with E-state index in [9.17, 15) is 24.0 Å². The third-order valence-electron chi connectivity index (χ3n) is 7.89. The zero-order valence-electron chi connectivity index (χ0n) is 23.1. The smallest absolute Gasteiger partial charge is 0.408 e. The van der Waals surface area contributed by atoms with Crippen molar-refractivity contribution in [3.8, 4) is 0 Å². The second kappa shape index (κ2) is 11.0. The minimum Gasteiger partial charge on any atom is -0.444 e. The van der Waals surface area contributed by atoms with E-state index in [1.54, 1.807) is 25.7 Å². The molecule has 0 aromatic rings. The topological polar surface area (TPSA) is 148 Å². The van der Waals surface area contributed by atoms with Crippen molar-refractivity contribution in [3.05, 3.63) is 0 Å². The molecule has 1 heterocycles. The zero-order chi connectivity index (χ0) is 27.7. The summed E-state index contributed by atoms with van der Waals surface area (Å²) in [6, 6.07) is -2.70. The number of nitrogens with one attached hydrogen (secondary N) is 2. The second-order valence-corrected chi connectivity index (χ2v) is 13.1. The fourth-order valence-corrected chi connectivity index (χ4v) is 5.83. The van der Waals surface area contributed by atoms with Gasteiger partial charge in [0.05, 0.1) is 6.04 Å². The zero-order valence-corrected chi connectivity index (χ0v) is 23.1. The molecule has 0 aromatic heterocycles. The highest BCUT2D eigenvalue weighted by atomic mass is 16.6. The van der Waals surface area contributed by atoms with Crippen LogP contribution in [-0.2, 0) is 23.9 Å². The number of nitrogens with zero attached hydrogens (tertiary/aromatic N) is 1. The van der Waals surface area contributed by atoms with E-state index >= 15 is 0 Å². The van der Waals surface area contributed by atoms with Crippen molar-refractivity contribution >= 4 is 29.6 Å². The molecule has 0 aromatic carbocycles. The molecule has 1 unspecified atom stereocenters. The molecular formula is C27H44N4O6. The van der Waals surface area contributed by atoms with Crippen LogP contribution in [0.1, 0.15) is 86.5 Å². The van der Waals surface area contributed by atoms with Crippen LogP contribution in [0.3, 0.4) is 0 Å². The molecule has 2 saturated carbocycles. The first-order chi connectivity index (χ1) is 17.1. The number of fused-ring (bicyclic) bond motifs is 1. The van der Waals surface area contributed by atoms with Crippen LogP contribution < -0.4 is 16.4 Å². The Morgan fingerprint density at radius 1 is 0.946 bits per heavy atom. The standard InChI is InChI=1S/C27H44N4O6/c1-26(2,3)21(30-25(36)37-27(4,5)6)24(35)31-14-16-11-8-12-17(16)19(31)23(34)29-18(20(32)22(28)33)13-15-9-7-10-15/h15-19,21H,7-14H2,1-6H3,(H2,28,33)(H,29,34)(H,30,36)/t16-,17-,18?,19-,21+/m0/s1. The fraction of sp³-hybridized carbons (Fsp3) is 0.815. The molecule has 10 heteroatoms. The van der Waals surface area contributed by atoms with Crippen molar-refractivity contribution in [1.82, 2.24) is 15.5 Å². The monoisotopic (exact) mass is 520 g/mol. The van der Waals surface area contributed by atoms with E-state index in [2.05, 4.69) is 10.6 Å². The predicted molar refractivity (Wildman–Crippen MR) is 137 cm³/mol. The summed E-state index contributed by atoms with van der Waals surface area (Å²) in [5, 5.41) is 5.52. The Morgan fingerprint density at radius 3 is 2.08 bits per heavy atom. The van der Waals surface area contributed by atoms with Gasteiger partial charge in [-0.2, -0.15) is 0 Å². The molecule has 0 bridgehead atoms. The number of amides is 4. The predicted octanol–water partition coefficient (Wildman–Crippen LogP) is 2.28. The summed E-state index contributed by atoms with van der Waals surface area (Å²) in [5.41, 5.74) is 3.90. The van der Waals surface area contributed by atoms with Gasteiger partial charge in [0.2, 0.25) is 17.6 Å². The third kappa shape index (κ3) is 7.02. The van der Waals surface area contributed by atoms with Crippen LogP contribution in [0, 0.1) is 23.2 Å². The highest BCUT2D eigenvalue weighted by molar-refractivity contribution is 6.37. The van der Waals surface area contributed by atoms with Gasteiger partial charge >= 0.3 is 6.09 Å². The van der Waals surface area contributed by atoms with E-state index in [0.717, 1.165) is 38.5 Å². The van der Waals surface area contributed by atoms with Crippen LogP contribution in [-0.4, -0.2) is 64.8 Å². The average molecular weight is 521 g/mol. The molecule has 5 atom stereocenters. The number of hydrogen-bond donors (Lipinski definition) is 3. The van der Waals surface area contributed by atoms with E-state index in [1.165, 1.54) is 0 Å². The van der Waals surface area contributed by atoms with E-state index in [-0.39, 0.29) is 23.7 Å². The number of carbonyl (C=O) groups excluding carboxylic acids is 5. The number of carbonyl (C=O) groups is 5. The number of alkyl carbamates (subject to hydrolysis) is 1. The molecule has 10 nitrogen and oxygen atoms in total. The van der Waals surface area contributed by atoms with Crippen molar-refractivity contribution in [3.63, 3.8) is 0 Å². The lowest BCUT2D eigenvalue weighted by atomic mass is 9.80. The van der Waals surface area contributed by atoms with Gasteiger partial charge in [-0.3, -0.25) is 19.2 Å². The number of ketones is 1. The van der Waals surface area contributed by atoms with Crippen molar-refractivity contribution < 1.29 is 28.7 Å². The molecule has 3 rings (SSSR count).